The van der Waals surface area contributed by atoms with Crippen molar-refractivity contribution in [3.8, 4) is 0 Å². The molecular weight excluding hydrogens is 458 g/mol. The average Bonchev–Trinajstić information content (AvgIpc) is 3.43. The third-order valence-corrected chi connectivity index (χ3v) is 7.20. The summed E-state index contributed by atoms with van der Waals surface area (Å²) in [7, 11) is 0. The zero-order valence-corrected chi connectivity index (χ0v) is 17.9. The van der Waals surface area contributed by atoms with Gasteiger partial charge in [-0.2, -0.15) is 23.4 Å². The van der Waals surface area contributed by atoms with Gasteiger partial charge in [-0.1, -0.05) is 0 Å². The van der Waals surface area contributed by atoms with Crippen LogP contribution in [0.4, 0.5) is 29.2 Å². The number of aliphatic hydroxyl groups excluding tert-OH is 1. The van der Waals surface area contributed by atoms with Crippen LogP contribution >= 0.6 is 0 Å². The summed E-state index contributed by atoms with van der Waals surface area (Å²) in [6, 6.07) is 2.49. The van der Waals surface area contributed by atoms with Crippen LogP contribution in [0.1, 0.15) is 49.4 Å². The van der Waals surface area contributed by atoms with Crippen LogP contribution in [-0.2, 0) is 10.9 Å². The Morgan fingerprint density at radius 1 is 1.24 bits per heavy atom. The molecule has 3 aromatic heterocycles. The van der Waals surface area contributed by atoms with Crippen molar-refractivity contribution in [1.82, 2.24) is 30.1 Å². The Morgan fingerprint density at radius 3 is 2.74 bits per heavy atom. The van der Waals surface area contributed by atoms with Crippen molar-refractivity contribution in [3.05, 3.63) is 35.9 Å². The summed E-state index contributed by atoms with van der Waals surface area (Å²) >= 11 is 0. The molecular formula is C21H23F4N7O2. The van der Waals surface area contributed by atoms with Crippen LogP contribution in [-0.4, -0.2) is 54.1 Å². The molecule has 0 radical (unpaired) electrons. The third kappa shape index (κ3) is 3.71. The van der Waals surface area contributed by atoms with E-state index in [2.05, 4.69) is 30.9 Å². The highest BCUT2D eigenvalue weighted by molar-refractivity contribution is 5.72. The second kappa shape index (κ2) is 7.62. The normalized spacial score (nSPS) is 31.3. The lowest BCUT2D eigenvalue weighted by Crippen LogP contribution is -2.69. The molecule has 0 spiro atoms. The number of nitrogens with zero attached hydrogens (tertiary/aromatic N) is 4. The zero-order valence-electron chi connectivity index (χ0n) is 17.9. The summed E-state index contributed by atoms with van der Waals surface area (Å²) in [5, 5.41) is 26.6. The van der Waals surface area contributed by atoms with Crippen molar-refractivity contribution < 1.29 is 27.4 Å². The second-order valence-corrected chi connectivity index (χ2v) is 9.52. The minimum atomic E-state index is -4.58. The summed E-state index contributed by atoms with van der Waals surface area (Å²) in [4.78, 5) is 4.09. The Morgan fingerprint density at radius 2 is 2.03 bits per heavy atom. The molecule has 3 aromatic rings. The largest absolute Gasteiger partial charge is 0.435 e. The number of fused-ring (bicyclic) bond motifs is 1. The van der Waals surface area contributed by atoms with E-state index in [-0.39, 0.29) is 22.7 Å². The third-order valence-electron chi connectivity index (χ3n) is 7.20. The molecule has 4 aliphatic carbocycles. The molecule has 34 heavy (non-hydrogen) atoms. The predicted molar refractivity (Wildman–Crippen MR) is 111 cm³/mol. The number of H-pyrrole nitrogens is 1. The lowest BCUT2D eigenvalue weighted by atomic mass is 9.50. The van der Waals surface area contributed by atoms with Crippen molar-refractivity contribution in [2.75, 3.05) is 5.32 Å². The van der Waals surface area contributed by atoms with Gasteiger partial charge in [0, 0.05) is 41.7 Å². The summed E-state index contributed by atoms with van der Waals surface area (Å²) in [5.74, 6) is 0.657. The van der Waals surface area contributed by atoms with Crippen molar-refractivity contribution in [3.63, 3.8) is 0 Å². The van der Waals surface area contributed by atoms with Gasteiger partial charge < -0.3 is 15.2 Å². The first-order valence-electron chi connectivity index (χ1n) is 11.2. The molecule has 4 saturated carbocycles. The SMILES string of the molecule is OC(NC12CC(C1)C2)O[C@H]1CC[C@@H](c2cc(Nc3nccn4nc(C(F)(F)F)cc34)n[nH]2)[C@@H]1F. The molecule has 4 N–H and O–H groups in total. The van der Waals surface area contributed by atoms with Gasteiger partial charge in [-0.25, -0.2) is 13.9 Å². The Hall–Kier alpha value is -2.77. The first-order chi connectivity index (χ1) is 16.2. The average molecular weight is 481 g/mol. The minimum Gasteiger partial charge on any atom is -0.356 e. The van der Waals surface area contributed by atoms with Gasteiger partial charge in [0.2, 0.25) is 6.41 Å². The maximum absolute atomic E-state index is 15.1. The van der Waals surface area contributed by atoms with Gasteiger partial charge in [0.15, 0.2) is 17.3 Å². The molecule has 9 nitrogen and oxygen atoms in total. The molecule has 1 unspecified atom stereocenters. The van der Waals surface area contributed by atoms with Crippen LogP contribution in [0.15, 0.2) is 24.5 Å². The van der Waals surface area contributed by atoms with Gasteiger partial charge in [0.05, 0.1) is 6.10 Å². The van der Waals surface area contributed by atoms with E-state index >= 15 is 4.39 Å². The number of anilines is 2. The number of hydrogen-bond donors (Lipinski definition) is 4. The number of alkyl halides is 4. The first kappa shape index (κ1) is 21.7. The monoisotopic (exact) mass is 481 g/mol. The Kier molecular flexibility index (Phi) is 4.87. The molecule has 0 saturated heterocycles. The summed E-state index contributed by atoms with van der Waals surface area (Å²) < 4.78 is 60.8. The van der Waals surface area contributed by atoms with Gasteiger partial charge in [-0.15, -0.1) is 0 Å². The fourth-order valence-electron chi connectivity index (χ4n) is 5.38. The molecule has 182 valence electrons. The number of aromatic amines is 1. The van der Waals surface area contributed by atoms with E-state index in [0.717, 1.165) is 35.8 Å². The van der Waals surface area contributed by atoms with Crippen LogP contribution in [0.5, 0.6) is 0 Å². The first-order valence-corrected chi connectivity index (χ1v) is 11.2. The van der Waals surface area contributed by atoms with E-state index in [1.807, 2.05) is 0 Å². The van der Waals surface area contributed by atoms with Gasteiger partial charge in [-0.05, 0) is 38.0 Å². The lowest BCUT2D eigenvalue weighted by molar-refractivity contribution is -0.206. The molecule has 3 heterocycles. The van der Waals surface area contributed by atoms with Gasteiger partial charge in [-0.3, -0.25) is 10.4 Å². The van der Waals surface area contributed by atoms with E-state index in [1.54, 1.807) is 6.07 Å². The van der Waals surface area contributed by atoms with Gasteiger partial charge >= 0.3 is 6.18 Å². The second-order valence-electron chi connectivity index (χ2n) is 9.52. The van der Waals surface area contributed by atoms with Crippen LogP contribution in [0.25, 0.3) is 5.52 Å². The fraction of sp³-hybridized carbons (Fsp3) is 0.571. The van der Waals surface area contributed by atoms with Crippen molar-refractivity contribution in [2.24, 2.45) is 5.92 Å². The quantitative estimate of drug-likeness (QED) is 0.303. The molecule has 0 aliphatic heterocycles. The predicted octanol–water partition coefficient (Wildman–Crippen LogP) is 3.23. The van der Waals surface area contributed by atoms with E-state index in [9.17, 15) is 18.3 Å². The van der Waals surface area contributed by atoms with Crippen molar-refractivity contribution in [2.45, 2.75) is 68.4 Å². The van der Waals surface area contributed by atoms with Crippen LogP contribution in [0, 0.1) is 5.92 Å². The summed E-state index contributed by atoms with van der Waals surface area (Å²) in [6.07, 6.45) is -1.21. The van der Waals surface area contributed by atoms with E-state index < -0.39 is 36.5 Å². The molecule has 0 amide bonds. The Bertz CT molecular complexity index is 1190. The highest BCUT2D eigenvalue weighted by Gasteiger charge is 2.57. The summed E-state index contributed by atoms with van der Waals surface area (Å²) in [5.41, 5.74) is -0.415. The van der Waals surface area contributed by atoms with Crippen LogP contribution < -0.4 is 10.6 Å². The molecule has 13 heteroatoms. The highest BCUT2D eigenvalue weighted by atomic mass is 19.4. The number of aliphatic hydroxyl groups is 1. The standard InChI is InChI=1S/C21H23F4N7O2/c22-17-11(1-2-14(17)34-19(33)28-20-7-10(8-20)9-20)12-5-16(30-29-12)27-18-13-6-15(21(23,24)25)31-32(13)4-3-26-18/h3-6,10-11,14,17,19,28,33H,1-2,7-9H2,(H2,26,27,29,30)/t10?,11-,14-,17-,19?,20?/m0/s1. The number of nitrogens with one attached hydrogen (secondary N) is 3. The van der Waals surface area contributed by atoms with E-state index in [4.69, 9.17) is 4.74 Å². The van der Waals surface area contributed by atoms with Crippen molar-refractivity contribution >= 4 is 17.2 Å². The lowest BCUT2D eigenvalue weighted by Gasteiger charge is -2.62. The summed E-state index contributed by atoms with van der Waals surface area (Å²) in [6.45, 7) is 0. The van der Waals surface area contributed by atoms with Gasteiger partial charge in [0.1, 0.15) is 11.7 Å². The molecule has 4 atom stereocenters. The maximum atomic E-state index is 15.1. The fourth-order valence-corrected chi connectivity index (χ4v) is 5.38. The topological polar surface area (TPSA) is 112 Å². The molecule has 2 bridgehead atoms. The van der Waals surface area contributed by atoms with E-state index in [0.29, 0.717) is 18.5 Å². The number of ether oxygens (including phenoxy) is 1. The zero-order chi connectivity index (χ0) is 23.7. The van der Waals surface area contributed by atoms with Crippen LogP contribution in [0.2, 0.25) is 0 Å². The Labute approximate surface area is 190 Å². The molecule has 0 aromatic carbocycles. The van der Waals surface area contributed by atoms with E-state index in [1.165, 1.54) is 12.4 Å². The molecule has 4 fully saturated rings. The van der Waals surface area contributed by atoms with Gasteiger partial charge in [0.25, 0.3) is 0 Å². The number of hydrogen-bond acceptors (Lipinski definition) is 7. The number of halogens is 4. The minimum absolute atomic E-state index is 0.0366. The Balaban J connectivity index is 1.12. The highest BCUT2D eigenvalue weighted by Crippen LogP contribution is 2.57. The number of aromatic nitrogens is 5. The molecule has 7 rings (SSSR count). The smallest absolute Gasteiger partial charge is 0.356 e. The molecule has 4 aliphatic rings. The number of rotatable bonds is 7. The maximum Gasteiger partial charge on any atom is 0.435 e. The van der Waals surface area contributed by atoms with Crippen LogP contribution in [0.3, 0.4) is 0 Å². The van der Waals surface area contributed by atoms with Crippen molar-refractivity contribution in [1.29, 1.82) is 0 Å².